The summed E-state index contributed by atoms with van der Waals surface area (Å²) in [5.74, 6) is 1.10. The Balaban J connectivity index is 1.35. The molecule has 10 heteroatoms. The van der Waals surface area contributed by atoms with E-state index in [0.29, 0.717) is 52.2 Å². The first kappa shape index (κ1) is 39.6. The first-order chi connectivity index (χ1) is 25.6. The third-order valence-electron chi connectivity index (χ3n) is 8.99. The Labute approximate surface area is 318 Å². The van der Waals surface area contributed by atoms with E-state index in [0.717, 1.165) is 37.9 Å². The van der Waals surface area contributed by atoms with Crippen molar-refractivity contribution in [3.8, 4) is 17.2 Å². The lowest BCUT2D eigenvalue weighted by Crippen LogP contribution is -2.45. The fourth-order valence-electron chi connectivity index (χ4n) is 6.50. The summed E-state index contributed by atoms with van der Waals surface area (Å²) in [5, 5.41) is 6.96. The van der Waals surface area contributed by atoms with Gasteiger partial charge in [-0.05, 0) is 73.7 Å². The highest BCUT2D eigenvalue weighted by Crippen LogP contribution is 2.45. The summed E-state index contributed by atoms with van der Waals surface area (Å²) in [5.41, 5.74) is 3.94. The third-order valence-corrected chi connectivity index (χ3v) is 9.22. The molecule has 53 heavy (non-hydrogen) atoms. The van der Waals surface area contributed by atoms with Crippen LogP contribution in [0.15, 0.2) is 91.0 Å². The van der Waals surface area contributed by atoms with Gasteiger partial charge in [-0.1, -0.05) is 93.0 Å². The SMILES string of the molecule is COc1ccccc1CNC(=O)C[C@H]1O[C@H](c2cccc(OCCCNCCCc3ccccc3)c2OC)c2cc(Cl)ccc2N(CC(C)(C)C)C1=O. The van der Waals surface area contributed by atoms with Crippen molar-refractivity contribution in [2.24, 2.45) is 5.41 Å². The molecule has 1 aliphatic heterocycles. The maximum Gasteiger partial charge on any atom is 0.256 e. The van der Waals surface area contributed by atoms with Gasteiger partial charge in [0, 0.05) is 40.5 Å². The Kier molecular flexibility index (Phi) is 14.2. The molecule has 2 atom stereocenters. The molecule has 2 amide bonds. The van der Waals surface area contributed by atoms with Gasteiger partial charge >= 0.3 is 0 Å². The number of carbonyl (C=O) groups excluding carboxylic acids is 2. The van der Waals surface area contributed by atoms with Crippen molar-refractivity contribution in [3.05, 3.63) is 118 Å². The number of para-hydroxylation sites is 2. The van der Waals surface area contributed by atoms with Gasteiger partial charge in [-0.25, -0.2) is 0 Å². The van der Waals surface area contributed by atoms with E-state index in [2.05, 4.69) is 55.7 Å². The summed E-state index contributed by atoms with van der Waals surface area (Å²) in [6.45, 7) is 9.07. The molecular weight excluding hydrogens is 690 g/mol. The zero-order valence-electron chi connectivity index (χ0n) is 31.5. The maximum absolute atomic E-state index is 14.4. The quantitative estimate of drug-likeness (QED) is 0.106. The predicted molar refractivity (Wildman–Crippen MR) is 210 cm³/mol. The van der Waals surface area contributed by atoms with E-state index in [9.17, 15) is 9.59 Å². The molecular formula is C43H52ClN3O6. The molecule has 282 valence electrons. The van der Waals surface area contributed by atoms with Crippen molar-refractivity contribution < 1.29 is 28.5 Å². The first-order valence-corrected chi connectivity index (χ1v) is 18.6. The number of nitrogens with one attached hydrogen (secondary N) is 2. The van der Waals surface area contributed by atoms with Gasteiger partial charge in [-0.3, -0.25) is 9.59 Å². The highest BCUT2D eigenvalue weighted by Gasteiger charge is 2.40. The molecule has 4 aromatic rings. The molecule has 5 rings (SSSR count). The summed E-state index contributed by atoms with van der Waals surface area (Å²) in [7, 11) is 3.18. The average Bonchev–Trinajstić information content (AvgIpc) is 3.25. The minimum absolute atomic E-state index is 0.191. The number of fused-ring (bicyclic) bond motifs is 1. The van der Waals surface area contributed by atoms with Crippen LogP contribution in [-0.4, -0.2) is 58.4 Å². The zero-order chi connectivity index (χ0) is 37.8. The largest absolute Gasteiger partial charge is 0.496 e. The van der Waals surface area contributed by atoms with E-state index < -0.39 is 12.2 Å². The number of anilines is 1. The number of hydrogen-bond acceptors (Lipinski definition) is 7. The van der Waals surface area contributed by atoms with Crippen molar-refractivity contribution in [1.29, 1.82) is 0 Å². The van der Waals surface area contributed by atoms with Crippen LogP contribution in [0.2, 0.25) is 5.02 Å². The molecule has 2 N–H and O–H groups in total. The van der Waals surface area contributed by atoms with Gasteiger partial charge in [0.15, 0.2) is 11.5 Å². The van der Waals surface area contributed by atoms with Gasteiger partial charge in [0.1, 0.15) is 18.0 Å². The van der Waals surface area contributed by atoms with Crippen molar-refractivity contribution in [2.75, 3.05) is 45.4 Å². The standard InChI is InChI=1S/C43H52ClN3O6/c1-43(2,3)29-47-35-22-21-32(44)26-34(35)40(53-38(42(47)49)27-39(48)46-28-31-17-9-10-19-36(31)50-4)33-18-11-20-37(41(33)51-5)52-25-13-24-45-23-12-16-30-14-7-6-8-15-30/h6-11,14-15,17-22,26,38,40,45H,12-13,16,23-25,27-29H2,1-5H3,(H,46,48)/t38-,40-/m1/s1. The Hall–Kier alpha value is -4.57. The summed E-state index contributed by atoms with van der Waals surface area (Å²) >= 11 is 6.62. The van der Waals surface area contributed by atoms with Crippen LogP contribution in [0.4, 0.5) is 5.69 Å². The van der Waals surface area contributed by atoms with Crippen LogP contribution >= 0.6 is 11.6 Å². The van der Waals surface area contributed by atoms with Crippen LogP contribution in [0, 0.1) is 5.41 Å². The second kappa shape index (κ2) is 19.0. The zero-order valence-corrected chi connectivity index (χ0v) is 32.2. The van der Waals surface area contributed by atoms with Crippen molar-refractivity contribution in [1.82, 2.24) is 10.6 Å². The van der Waals surface area contributed by atoms with Gasteiger partial charge in [0.05, 0.1) is 27.2 Å². The minimum atomic E-state index is -1.10. The van der Waals surface area contributed by atoms with Crippen molar-refractivity contribution in [2.45, 2.75) is 65.2 Å². The second-order valence-corrected chi connectivity index (χ2v) is 14.8. The van der Waals surface area contributed by atoms with Crippen LogP contribution in [0.5, 0.6) is 17.2 Å². The van der Waals surface area contributed by atoms with Crippen LogP contribution in [0.1, 0.15) is 68.4 Å². The topological polar surface area (TPSA) is 98.4 Å². The van der Waals surface area contributed by atoms with E-state index in [1.165, 1.54) is 5.56 Å². The molecule has 0 saturated heterocycles. The molecule has 4 aromatic carbocycles. The van der Waals surface area contributed by atoms with Crippen LogP contribution in [0.3, 0.4) is 0 Å². The first-order valence-electron chi connectivity index (χ1n) is 18.3. The van der Waals surface area contributed by atoms with E-state index in [4.69, 9.17) is 30.5 Å². The maximum atomic E-state index is 14.4. The number of benzene rings is 4. The average molecular weight is 742 g/mol. The Morgan fingerprint density at radius 2 is 1.60 bits per heavy atom. The van der Waals surface area contributed by atoms with E-state index in [-0.39, 0.29) is 30.2 Å². The fourth-order valence-corrected chi connectivity index (χ4v) is 6.68. The molecule has 1 heterocycles. The Bertz CT molecular complexity index is 1810. The number of methoxy groups -OCH3 is 2. The molecule has 0 radical (unpaired) electrons. The highest BCUT2D eigenvalue weighted by atomic mass is 35.5. The van der Waals surface area contributed by atoms with Crippen molar-refractivity contribution >= 4 is 29.1 Å². The molecule has 1 aliphatic rings. The third kappa shape index (κ3) is 11.0. The second-order valence-electron chi connectivity index (χ2n) is 14.4. The number of amides is 2. The molecule has 0 aliphatic carbocycles. The Morgan fingerprint density at radius 1 is 0.868 bits per heavy atom. The molecule has 0 saturated carbocycles. The number of ether oxygens (including phenoxy) is 4. The number of rotatable bonds is 17. The molecule has 0 unspecified atom stereocenters. The van der Waals surface area contributed by atoms with Gasteiger partial charge in [0.25, 0.3) is 5.91 Å². The predicted octanol–water partition coefficient (Wildman–Crippen LogP) is 7.92. The van der Waals surface area contributed by atoms with Gasteiger partial charge in [-0.2, -0.15) is 0 Å². The summed E-state index contributed by atoms with van der Waals surface area (Å²) < 4.78 is 24.4. The molecule has 0 aromatic heterocycles. The normalized spacial score (nSPS) is 15.7. The van der Waals surface area contributed by atoms with E-state index >= 15 is 0 Å². The fraction of sp³-hybridized carbons (Fsp3) is 0.395. The van der Waals surface area contributed by atoms with Gasteiger partial charge in [0.2, 0.25) is 5.91 Å². The number of nitrogens with zero attached hydrogens (tertiary/aromatic N) is 1. The van der Waals surface area contributed by atoms with Crippen molar-refractivity contribution in [3.63, 3.8) is 0 Å². The smallest absolute Gasteiger partial charge is 0.256 e. The molecule has 9 nitrogen and oxygen atoms in total. The number of halogens is 1. The van der Waals surface area contributed by atoms with E-state index in [1.54, 1.807) is 25.2 Å². The van der Waals surface area contributed by atoms with Crippen LogP contribution in [-0.2, 0) is 27.3 Å². The molecule has 0 fully saturated rings. The lowest BCUT2D eigenvalue weighted by molar-refractivity contribution is -0.138. The summed E-state index contributed by atoms with van der Waals surface area (Å²) in [4.78, 5) is 29.7. The number of carbonyl (C=O) groups is 2. The molecule has 0 bridgehead atoms. The van der Waals surface area contributed by atoms with Gasteiger partial charge in [-0.15, -0.1) is 0 Å². The lowest BCUT2D eigenvalue weighted by atomic mass is 9.94. The molecule has 0 spiro atoms. The minimum Gasteiger partial charge on any atom is -0.496 e. The number of aryl methyl sites for hydroxylation is 1. The lowest BCUT2D eigenvalue weighted by Gasteiger charge is -2.31. The van der Waals surface area contributed by atoms with Crippen LogP contribution < -0.4 is 29.7 Å². The number of hydrogen-bond donors (Lipinski definition) is 2. The Morgan fingerprint density at radius 3 is 2.36 bits per heavy atom. The van der Waals surface area contributed by atoms with Crippen LogP contribution in [0.25, 0.3) is 0 Å². The van der Waals surface area contributed by atoms with E-state index in [1.807, 2.05) is 60.7 Å². The monoisotopic (exact) mass is 741 g/mol. The summed E-state index contributed by atoms with van der Waals surface area (Å²) in [6.07, 6.45) is 0.819. The van der Waals surface area contributed by atoms with Gasteiger partial charge < -0.3 is 34.5 Å². The summed E-state index contributed by atoms with van der Waals surface area (Å²) in [6, 6.07) is 29.1. The highest BCUT2D eigenvalue weighted by molar-refractivity contribution is 6.30.